The van der Waals surface area contributed by atoms with E-state index in [2.05, 4.69) is 76.2 Å². The van der Waals surface area contributed by atoms with E-state index in [0.29, 0.717) is 17.5 Å². The largest absolute Gasteiger partial charge is 0.378 e. The van der Waals surface area contributed by atoms with Crippen LogP contribution in [-0.2, 0) is 10.0 Å². The van der Waals surface area contributed by atoms with E-state index in [9.17, 15) is 8.42 Å². The number of halogens is 1. The molecule has 33 heavy (non-hydrogen) atoms. The molecule has 0 radical (unpaired) electrons. The molecule has 0 amide bonds. The van der Waals surface area contributed by atoms with Gasteiger partial charge in [-0.05, 0) is 77.4 Å². The van der Waals surface area contributed by atoms with E-state index < -0.39 is 10.0 Å². The number of rotatable bonds is 5. The third-order valence-electron chi connectivity index (χ3n) is 6.70. The molecule has 0 unspecified atom stereocenters. The van der Waals surface area contributed by atoms with Gasteiger partial charge in [-0.15, -0.1) is 0 Å². The van der Waals surface area contributed by atoms with Crippen molar-refractivity contribution in [3.8, 4) is 0 Å². The summed E-state index contributed by atoms with van der Waals surface area (Å²) in [5.74, 6) is 0.945. The van der Waals surface area contributed by atoms with Crippen molar-refractivity contribution in [3.05, 3.63) is 100 Å². The Morgan fingerprint density at radius 3 is 2.42 bits per heavy atom. The van der Waals surface area contributed by atoms with Gasteiger partial charge in [0.1, 0.15) is 0 Å². The van der Waals surface area contributed by atoms with Crippen molar-refractivity contribution < 1.29 is 8.42 Å². The van der Waals surface area contributed by atoms with Crippen LogP contribution in [0.4, 0.5) is 11.4 Å². The molecule has 0 saturated heterocycles. The van der Waals surface area contributed by atoms with E-state index in [-0.39, 0.29) is 16.9 Å². The second kappa shape index (κ2) is 8.65. The molecule has 2 N–H and O–H groups in total. The number of benzene rings is 3. The number of fused-ring (bicyclic) bond motifs is 3. The molecule has 170 valence electrons. The Morgan fingerprint density at radius 2 is 1.73 bits per heavy atom. The monoisotopic (exact) mass is 522 g/mol. The van der Waals surface area contributed by atoms with E-state index >= 15 is 0 Å². The summed E-state index contributed by atoms with van der Waals surface area (Å²) < 4.78 is 30.1. The maximum atomic E-state index is 13.2. The SMILES string of the molecule is CC(C)c1ccc(NS(=O)(=O)c2ccc3c(c2)[C@H]2C=CC[C@H]2[C@@H](c2ccc(Br)cc2)N3)cc1. The summed E-state index contributed by atoms with van der Waals surface area (Å²) in [6.45, 7) is 4.23. The van der Waals surface area contributed by atoms with Crippen LogP contribution in [0.3, 0.4) is 0 Å². The van der Waals surface area contributed by atoms with Crippen molar-refractivity contribution >= 4 is 37.3 Å². The van der Waals surface area contributed by atoms with Crippen molar-refractivity contribution in [2.75, 3.05) is 10.0 Å². The predicted molar refractivity (Wildman–Crippen MR) is 138 cm³/mol. The predicted octanol–water partition coefficient (Wildman–Crippen LogP) is 7.20. The minimum atomic E-state index is -3.69. The molecule has 1 aliphatic heterocycles. The quantitative estimate of drug-likeness (QED) is 0.348. The van der Waals surface area contributed by atoms with Gasteiger partial charge in [0.2, 0.25) is 0 Å². The molecule has 6 heteroatoms. The lowest BCUT2D eigenvalue weighted by Gasteiger charge is -2.37. The fourth-order valence-electron chi connectivity index (χ4n) is 4.89. The van der Waals surface area contributed by atoms with E-state index in [1.807, 2.05) is 36.4 Å². The van der Waals surface area contributed by atoms with Crippen LogP contribution in [0, 0.1) is 5.92 Å². The highest BCUT2D eigenvalue weighted by Crippen LogP contribution is 2.50. The smallest absolute Gasteiger partial charge is 0.261 e. The lowest BCUT2D eigenvalue weighted by molar-refractivity contribution is 0.425. The maximum Gasteiger partial charge on any atom is 0.261 e. The zero-order chi connectivity index (χ0) is 23.2. The van der Waals surface area contributed by atoms with Crippen molar-refractivity contribution in [2.45, 2.75) is 43.0 Å². The van der Waals surface area contributed by atoms with Crippen molar-refractivity contribution in [2.24, 2.45) is 5.92 Å². The van der Waals surface area contributed by atoms with E-state index in [1.165, 1.54) is 11.1 Å². The molecule has 0 aromatic heterocycles. The fourth-order valence-corrected chi connectivity index (χ4v) is 6.25. The Kier molecular flexibility index (Phi) is 5.83. The van der Waals surface area contributed by atoms with Crippen LogP contribution >= 0.6 is 15.9 Å². The molecule has 3 aromatic rings. The van der Waals surface area contributed by atoms with Crippen LogP contribution in [0.15, 0.2) is 88.3 Å². The van der Waals surface area contributed by atoms with Crippen LogP contribution in [0.2, 0.25) is 0 Å². The molecule has 0 fully saturated rings. The van der Waals surface area contributed by atoms with E-state index in [1.54, 1.807) is 6.07 Å². The lowest BCUT2D eigenvalue weighted by atomic mass is 9.77. The maximum absolute atomic E-state index is 13.2. The summed E-state index contributed by atoms with van der Waals surface area (Å²) in [6, 6.07) is 21.6. The number of sulfonamides is 1. The number of nitrogens with one attached hydrogen (secondary N) is 2. The zero-order valence-corrected chi connectivity index (χ0v) is 21.0. The van der Waals surface area contributed by atoms with Crippen LogP contribution in [0.5, 0.6) is 0 Å². The molecule has 0 bridgehead atoms. The van der Waals surface area contributed by atoms with Gasteiger partial charge in [0, 0.05) is 21.8 Å². The third-order valence-corrected chi connectivity index (χ3v) is 8.61. The molecule has 4 nitrogen and oxygen atoms in total. The van der Waals surface area contributed by atoms with Crippen molar-refractivity contribution in [3.63, 3.8) is 0 Å². The lowest BCUT2D eigenvalue weighted by Crippen LogP contribution is -2.29. The van der Waals surface area contributed by atoms with Crippen LogP contribution in [0.25, 0.3) is 0 Å². The van der Waals surface area contributed by atoms with Crippen molar-refractivity contribution in [1.82, 2.24) is 0 Å². The third kappa shape index (κ3) is 4.34. The average Bonchev–Trinajstić information content (AvgIpc) is 3.29. The molecule has 5 rings (SSSR count). The molecule has 2 aliphatic rings. The molecule has 3 atom stereocenters. The normalized spacial score (nSPS) is 21.4. The molecular weight excluding hydrogens is 496 g/mol. The summed E-state index contributed by atoms with van der Waals surface area (Å²) in [6.07, 6.45) is 5.41. The number of anilines is 2. The van der Waals surface area contributed by atoms with Gasteiger partial charge in [-0.2, -0.15) is 0 Å². The minimum Gasteiger partial charge on any atom is -0.378 e. The Balaban J connectivity index is 1.44. The Hall–Kier alpha value is -2.57. The topological polar surface area (TPSA) is 58.2 Å². The van der Waals surface area contributed by atoms with Gasteiger partial charge >= 0.3 is 0 Å². The summed E-state index contributed by atoms with van der Waals surface area (Å²) >= 11 is 3.52. The van der Waals surface area contributed by atoms with Gasteiger partial charge in [0.05, 0.1) is 10.9 Å². The van der Waals surface area contributed by atoms with Crippen LogP contribution in [-0.4, -0.2) is 8.42 Å². The standard InChI is InChI=1S/C27H27BrN2O2S/c1-17(2)18-8-12-21(13-9-18)30-33(31,32)22-14-15-26-25(16-22)23-4-3-5-24(23)27(29-26)19-6-10-20(28)11-7-19/h3-4,6-17,23-24,27,29-30H,5H2,1-2H3/t23-,24+,27+/m0/s1. The zero-order valence-electron chi connectivity index (χ0n) is 18.6. The van der Waals surface area contributed by atoms with Crippen LogP contribution in [0.1, 0.15) is 54.8 Å². The second-order valence-corrected chi connectivity index (χ2v) is 11.8. The van der Waals surface area contributed by atoms with Crippen LogP contribution < -0.4 is 10.0 Å². The second-order valence-electron chi connectivity index (χ2n) is 9.16. The molecule has 1 heterocycles. The number of hydrogen-bond donors (Lipinski definition) is 2. The molecule has 0 saturated carbocycles. The summed E-state index contributed by atoms with van der Waals surface area (Å²) in [4.78, 5) is 0.289. The first-order valence-corrected chi connectivity index (χ1v) is 13.5. The number of allylic oxidation sites excluding steroid dienone is 2. The van der Waals surface area contributed by atoms with Gasteiger partial charge in [-0.3, -0.25) is 4.72 Å². The first-order chi connectivity index (χ1) is 15.8. The summed E-state index contributed by atoms with van der Waals surface area (Å²) in [5.41, 5.74) is 5.03. The minimum absolute atomic E-state index is 0.186. The first kappa shape index (κ1) is 22.2. The highest BCUT2D eigenvalue weighted by Gasteiger charge is 2.38. The Morgan fingerprint density at radius 1 is 1.00 bits per heavy atom. The Labute approximate surface area is 204 Å². The van der Waals surface area contributed by atoms with Crippen molar-refractivity contribution in [1.29, 1.82) is 0 Å². The highest BCUT2D eigenvalue weighted by molar-refractivity contribution is 9.10. The average molecular weight is 523 g/mol. The first-order valence-electron chi connectivity index (χ1n) is 11.3. The highest BCUT2D eigenvalue weighted by atomic mass is 79.9. The molecule has 3 aromatic carbocycles. The molecular formula is C27H27BrN2O2S. The molecule has 1 aliphatic carbocycles. The number of hydrogen-bond acceptors (Lipinski definition) is 3. The fraction of sp³-hybridized carbons (Fsp3) is 0.259. The van der Waals surface area contributed by atoms with Gasteiger partial charge in [0.25, 0.3) is 10.0 Å². The summed E-state index contributed by atoms with van der Waals surface area (Å²) in [7, 11) is -3.69. The van der Waals surface area contributed by atoms with E-state index in [0.717, 1.165) is 22.1 Å². The van der Waals surface area contributed by atoms with Gasteiger partial charge in [0.15, 0.2) is 0 Å². The molecule has 0 spiro atoms. The van der Waals surface area contributed by atoms with Gasteiger partial charge in [-0.1, -0.05) is 66.2 Å². The van der Waals surface area contributed by atoms with E-state index in [4.69, 9.17) is 0 Å². The van der Waals surface area contributed by atoms with Gasteiger partial charge < -0.3 is 5.32 Å². The Bertz CT molecular complexity index is 1300. The summed E-state index contributed by atoms with van der Waals surface area (Å²) in [5, 5.41) is 3.68. The van der Waals surface area contributed by atoms with Gasteiger partial charge in [-0.25, -0.2) is 8.42 Å².